The van der Waals surface area contributed by atoms with Gasteiger partial charge in [0.2, 0.25) is 0 Å². The molecule has 2 saturated heterocycles. The van der Waals surface area contributed by atoms with Crippen molar-refractivity contribution < 1.29 is 19.0 Å². The third-order valence-corrected chi connectivity index (χ3v) is 4.26. The van der Waals surface area contributed by atoms with E-state index in [1.165, 1.54) is 0 Å². The molecule has 6 heteroatoms. The van der Waals surface area contributed by atoms with E-state index in [9.17, 15) is 4.39 Å². The molecule has 0 saturated carbocycles. The number of hydrogen-bond acceptors (Lipinski definition) is 5. The molecule has 3 rings (SSSR count). The number of halogens is 1. The fraction of sp³-hybridized carbons (Fsp3) is 0.643. The van der Waals surface area contributed by atoms with Gasteiger partial charge in [-0.15, -0.1) is 0 Å². The number of rotatable bonds is 2. The van der Waals surface area contributed by atoms with Gasteiger partial charge in [-0.2, -0.15) is 0 Å². The molecule has 2 atom stereocenters. The Hall–Kier alpha value is -1.24. The number of hydrogen-bond donors (Lipinski definition) is 1. The summed E-state index contributed by atoms with van der Waals surface area (Å²) < 4.78 is 25.0. The van der Waals surface area contributed by atoms with E-state index in [0.717, 1.165) is 12.6 Å². The van der Waals surface area contributed by atoms with Crippen LogP contribution < -0.4 is 4.90 Å². The maximum Gasteiger partial charge on any atom is 0.147 e. The highest BCUT2D eigenvalue weighted by atomic mass is 19.1. The molecule has 1 aromatic rings. The summed E-state index contributed by atoms with van der Waals surface area (Å²) in [7, 11) is 0. The van der Waals surface area contributed by atoms with Crippen molar-refractivity contribution in [3.63, 3.8) is 0 Å². The lowest BCUT2D eigenvalue weighted by atomic mass is 9.94. The van der Waals surface area contributed by atoms with Gasteiger partial charge in [-0.05, 0) is 13.0 Å². The minimum atomic E-state index is -0.475. The van der Waals surface area contributed by atoms with Crippen LogP contribution in [0.1, 0.15) is 18.9 Å². The molecular weight excluding hydrogens is 263 g/mol. The number of morpholine rings is 1. The summed E-state index contributed by atoms with van der Waals surface area (Å²) in [6, 6.07) is 1.61. The smallest absolute Gasteiger partial charge is 0.147 e. The minimum absolute atomic E-state index is 0.0445. The predicted molar refractivity (Wildman–Crippen MR) is 71.0 cm³/mol. The number of ether oxygens (including phenoxy) is 2. The molecule has 20 heavy (non-hydrogen) atoms. The molecule has 2 fully saturated rings. The van der Waals surface area contributed by atoms with E-state index in [1.54, 1.807) is 6.07 Å². The third kappa shape index (κ3) is 2.28. The molecule has 2 aliphatic heterocycles. The number of aliphatic hydroxyl groups excluding tert-OH is 1. The van der Waals surface area contributed by atoms with Gasteiger partial charge in [-0.3, -0.25) is 0 Å². The zero-order valence-corrected chi connectivity index (χ0v) is 11.5. The molecule has 0 amide bonds. The van der Waals surface area contributed by atoms with Crippen molar-refractivity contribution in [3.8, 4) is 0 Å². The summed E-state index contributed by atoms with van der Waals surface area (Å²) >= 11 is 0. The van der Waals surface area contributed by atoms with Crippen molar-refractivity contribution in [2.24, 2.45) is 0 Å². The molecule has 5 nitrogen and oxygen atoms in total. The molecule has 1 spiro atoms. The maximum absolute atomic E-state index is 13.4. The maximum atomic E-state index is 13.4. The minimum Gasteiger partial charge on any atom is -0.392 e. The number of pyridine rings is 1. The third-order valence-electron chi connectivity index (χ3n) is 4.26. The lowest BCUT2D eigenvalue weighted by molar-refractivity contribution is -0.0919. The zero-order chi connectivity index (χ0) is 14.2. The van der Waals surface area contributed by atoms with E-state index in [1.807, 2.05) is 6.92 Å². The first-order chi connectivity index (χ1) is 9.64. The Morgan fingerprint density at radius 1 is 1.55 bits per heavy atom. The van der Waals surface area contributed by atoms with Crippen LogP contribution in [0.4, 0.5) is 10.2 Å². The van der Waals surface area contributed by atoms with Crippen LogP contribution in [0.3, 0.4) is 0 Å². The van der Waals surface area contributed by atoms with E-state index in [0.29, 0.717) is 32.1 Å². The van der Waals surface area contributed by atoms with Crippen LogP contribution in [0.2, 0.25) is 0 Å². The molecule has 2 unspecified atom stereocenters. The van der Waals surface area contributed by atoms with Crippen LogP contribution in [0, 0.1) is 5.82 Å². The molecule has 0 aliphatic carbocycles. The lowest BCUT2D eigenvalue weighted by Crippen LogP contribution is -2.55. The quantitative estimate of drug-likeness (QED) is 0.880. The summed E-state index contributed by atoms with van der Waals surface area (Å²) in [6.07, 6.45) is 2.07. The van der Waals surface area contributed by atoms with Crippen LogP contribution >= 0.6 is 0 Å². The highest BCUT2D eigenvalue weighted by Crippen LogP contribution is 2.34. The van der Waals surface area contributed by atoms with Crippen LogP contribution in [0.15, 0.2) is 12.3 Å². The van der Waals surface area contributed by atoms with Gasteiger partial charge in [0.15, 0.2) is 0 Å². The van der Waals surface area contributed by atoms with Crippen LogP contribution in [-0.4, -0.2) is 48.1 Å². The highest BCUT2D eigenvalue weighted by molar-refractivity contribution is 5.42. The number of anilines is 1. The van der Waals surface area contributed by atoms with Crippen LogP contribution in [0.25, 0.3) is 0 Å². The Morgan fingerprint density at radius 3 is 3.10 bits per heavy atom. The normalized spacial score (nSPS) is 30.1. The van der Waals surface area contributed by atoms with E-state index in [2.05, 4.69) is 9.88 Å². The Bertz CT molecular complexity index is 499. The van der Waals surface area contributed by atoms with Crippen molar-refractivity contribution in [3.05, 3.63) is 23.6 Å². The van der Waals surface area contributed by atoms with Crippen LogP contribution in [-0.2, 0) is 16.1 Å². The largest absolute Gasteiger partial charge is 0.392 e. The van der Waals surface area contributed by atoms with Gasteiger partial charge in [0.05, 0.1) is 32.1 Å². The predicted octanol–water partition coefficient (Wildman–Crippen LogP) is 1.10. The van der Waals surface area contributed by atoms with E-state index < -0.39 is 5.82 Å². The Kier molecular flexibility index (Phi) is 3.62. The second kappa shape index (κ2) is 5.27. The topological polar surface area (TPSA) is 54.8 Å². The summed E-state index contributed by atoms with van der Waals surface area (Å²) in [5, 5.41) is 9.16. The molecule has 0 bridgehead atoms. The van der Waals surface area contributed by atoms with Gasteiger partial charge in [0, 0.05) is 25.1 Å². The van der Waals surface area contributed by atoms with Crippen molar-refractivity contribution in [1.29, 1.82) is 0 Å². The summed E-state index contributed by atoms with van der Waals surface area (Å²) in [4.78, 5) is 6.21. The van der Waals surface area contributed by atoms with Gasteiger partial charge >= 0.3 is 0 Å². The van der Waals surface area contributed by atoms with Crippen molar-refractivity contribution >= 4 is 5.82 Å². The van der Waals surface area contributed by atoms with Gasteiger partial charge < -0.3 is 19.5 Å². The molecular formula is C14H19FN2O3. The lowest BCUT2D eigenvalue weighted by Gasteiger charge is -2.42. The Labute approximate surface area is 117 Å². The highest BCUT2D eigenvalue weighted by Gasteiger charge is 2.46. The summed E-state index contributed by atoms with van der Waals surface area (Å²) in [6.45, 7) is 4.38. The van der Waals surface area contributed by atoms with Gasteiger partial charge in [0.1, 0.15) is 17.2 Å². The van der Waals surface area contributed by atoms with E-state index >= 15 is 0 Å². The standard InChI is InChI=1S/C14H19FN2O3/c1-10-14(2-4-19-10)9-17(3-5-20-14)13-6-11(8-18)12(15)7-16-13/h6-7,10,18H,2-5,8-9H2,1H3. The summed E-state index contributed by atoms with van der Waals surface area (Å²) in [5.74, 6) is 0.203. The molecule has 2 aliphatic rings. The second-order valence-corrected chi connectivity index (χ2v) is 5.39. The van der Waals surface area contributed by atoms with Crippen molar-refractivity contribution in [1.82, 2.24) is 4.98 Å². The monoisotopic (exact) mass is 282 g/mol. The van der Waals surface area contributed by atoms with Crippen molar-refractivity contribution in [2.75, 3.05) is 31.2 Å². The Balaban J connectivity index is 1.83. The Morgan fingerprint density at radius 2 is 2.40 bits per heavy atom. The fourth-order valence-electron chi connectivity index (χ4n) is 2.93. The average molecular weight is 282 g/mol. The van der Waals surface area contributed by atoms with E-state index in [4.69, 9.17) is 14.6 Å². The first-order valence-electron chi connectivity index (χ1n) is 6.90. The SMILES string of the molecule is CC1OCCC12CN(c1cc(CO)c(F)cn1)CCO2. The zero-order valence-electron chi connectivity index (χ0n) is 11.5. The number of aliphatic hydroxyl groups is 1. The first kappa shape index (κ1) is 13.7. The van der Waals surface area contributed by atoms with Gasteiger partial charge in [0.25, 0.3) is 0 Å². The van der Waals surface area contributed by atoms with Gasteiger partial charge in [-0.1, -0.05) is 0 Å². The molecule has 1 N–H and O–H groups in total. The second-order valence-electron chi connectivity index (χ2n) is 5.39. The molecule has 1 aromatic heterocycles. The van der Waals surface area contributed by atoms with Gasteiger partial charge in [-0.25, -0.2) is 9.37 Å². The summed E-state index contributed by atoms with van der Waals surface area (Å²) in [5.41, 5.74) is -0.0282. The van der Waals surface area contributed by atoms with Crippen molar-refractivity contribution in [2.45, 2.75) is 31.7 Å². The molecule has 110 valence electrons. The van der Waals surface area contributed by atoms with Crippen LogP contribution in [0.5, 0.6) is 0 Å². The number of nitrogens with zero attached hydrogens (tertiary/aromatic N) is 2. The average Bonchev–Trinajstić information content (AvgIpc) is 2.80. The van der Waals surface area contributed by atoms with E-state index in [-0.39, 0.29) is 23.9 Å². The molecule has 0 radical (unpaired) electrons. The fourth-order valence-corrected chi connectivity index (χ4v) is 2.93. The molecule has 3 heterocycles. The molecule has 0 aromatic carbocycles. The number of aromatic nitrogens is 1. The first-order valence-corrected chi connectivity index (χ1v) is 6.90.